The summed E-state index contributed by atoms with van der Waals surface area (Å²) in [5.41, 5.74) is 1.72. The highest BCUT2D eigenvalue weighted by molar-refractivity contribution is 7.34. The molecule has 0 bridgehead atoms. The Labute approximate surface area is 97.3 Å². The fourth-order valence-electron chi connectivity index (χ4n) is 1.56. The Morgan fingerprint density at radius 2 is 1.86 bits per heavy atom. The molecular weight excluding hydrogens is 231 g/mol. The Kier molecular flexibility index (Phi) is 5.60. The molecule has 1 aromatic rings. The fraction of sp³-hybridized carbons (Fsp3) is 0.455. The minimum Gasteiger partial charge on any atom is -0.150 e. The maximum atomic E-state index is 6.12. The molecule has 1 atom stereocenters. The van der Waals surface area contributed by atoms with E-state index in [4.69, 9.17) is 22.2 Å². The van der Waals surface area contributed by atoms with Gasteiger partial charge in [-0.05, 0) is 12.0 Å². The van der Waals surface area contributed by atoms with E-state index in [1.807, 2.05) is 6.07 Å². The maximum absolute atomic E-state index is 6.12. The second kappa shape index (κ2) is 6.49. The van der Waals surface area contributed by atoms with Gasteiger partial charge in [0.05, 0.1) is 0 Å². The van der Waals surface area contributed by atoms with Crippen molar-refractivity contribution < 1.29 is 0 Å². The molecule has 0 aliphatic heterocycles. The third-order valence-electron chi connectivity index (χ3n) is 2.40. The highest BCUT2D eigenvalue weighted by atomic mass is 35.7. The van der Waals surface area contributed by atoms with Crippen molar-refractivity contribution in [2.75, 3.05) is 0 Å². The highest BCUT2D eigenvalue weighted by Crippen LogP contribution is 2.28. The Bertz CT molecular complexity index is 249. The molecule has 1 aromatic carbocycles. The summed E-state index contributed by atoms with van der Waals surface area (Å²) in [6, 6.07) is 10.4. The highest BCUT2D eigenvalue weighted by Gasteiger charge is 2.20. The van der Waals surface area contributed by atoms with Crippen LogP contribution in [0.25, 0.3) is 0 Å². The molecule has 0 fully saturated rings. The van der Waals surface area contributed by atoms with Gasteiger partial charge in [0.1, 0.15) is 0 Å². The van der Waals surface area contributed by atoms with Crippen molar-refractivity contribution in [3.8, 4) is 0 Å². The molecule has 0 amide bonds. The molecule has 0 heterocycles. The number of benzene rings is 1. The summed E-state index contributed by atoms with van der Waals surface area (Å²) in [5.74, 6) is 0. The zero-order valence-corrected chi connectivity index (χ0v) is 11.1. The van der Waals surface area contributed by atoms with E-state index in [-0.39, 0.29) is 0 Å². The Balaban J connectivity index is 2.68. The molecule has 0 aliphatic rings. The van der Waals surface area contributed by atoms with E-state index in [1.165, 1.54) is 18.4 Å². The van der Waals surface area contributed by atoms with Crippen molar-refractivity contribution >= 4 is 29.6 Å². The molecular formula is C11H16Cl2Si. The van der Waals surface area contributed by atoms with Crippen LogP contribution in [0.3, 0.4) is 0 Å². The quantitative estimate of drug-likeness (QED) is 0.540. The summed E-state index contributed by atoms with van der Waals surface area (Å²) >= 11 is 12.2. The summed E-state index contributed by atoms with van der Waals surface area (Å²) in [5, 5.41) is 0. The summed E-state index contributed by atoms with van der Waals surface area (Å²) < 4.78 is 0. The molecule has 3 heteroatoms. The van der Waals surface area contributed by atoms with Crippen molar-refractivity contribution in [3.05, 3.63) is 35.9 Å². The third-order valence-corrected chi connectivity index (χ3v) is 5.55. The predicted octanol–water partition coefficient (Wildman–Crippen LogP) is 4.20. The summed E-state index contributed by atoms with van der Waals surface area (Å²) in [4.78, 5) is 0. The largest absolute Gasteiger partial charge is 0.244 e. The van der Waals surface area contributed by atoms with Gasteiger partial charge in [0.2, 0.25) is 7.42 Å². The molecule has 0 radical (unpaired) electrons. The lowest BCUT2D eigenvalue weighted by Crippen LogP contribution is -2.11. The topological polar surface area (TPSA) is 0 Å². The second-order valence-corrected chi connectivity index (χ2v) is 8.46. The van der Waals surface area contributed by atoms with Gasteiger partial charge in [-0.2, -0.15) is 0 Å². The first kappa shape index (κ1) is 12.1. The lowest BCUT2D eigenvalue weighted by molar-refractivity contribution is 0.697. The molecule has 0 aliphatic carbocycles. The predicted molar refractivity (Wildman–Crippen MR) is 67.6 cm³/mol. The van der Waals surface area contributed by atoms with Crippen LogP contribution in [0.5, 0.6) is 0 Å². The van der Waals surface area contributed by atoms with Crippen LogP contribution in [0, 0.1) is 0 Å². The van der Waals surface area contributed by atoms with Gasteiger partial charge in [0, 0.05) is 5.54 Å². The zero-order chi connectivity index (χ0) is 10.4. The van der Waals surface area contributed by atoms with Gasteiger partial charge in [-0.1, -0.05) is 50.1 Å². The van der Waals surface area contributed by atoms with Crippen LogP contribution in [0.4, 0.5) is 0 Å². The average Bonchev–Trinajstić information content (AvgIpc) is 2.19. The SMILES string of the molecule is CCCCC(c1ccccc1)[SiH](Cl)Cl. The van der Waals surface area contributed by atoms with Crippen molar-refractivity contribution in [1.29, 1.82) is 0 Å². The van der Waals surface area contributed by atoms with E-state index in [2.05, 4.69) is 31.2 Å². The van der Waals surface area contributed by atoms with Crippen LogP contribution in [-0.2, 0) is 0 Å². The van der Waals surface area contributed by atoms with Gasteiger partial charge >= 0.3 is 0 Å². The first-order chi connectivity index (χ1) is 6.75. The first-order valence-electron chi connectivity index (χ1n) is 5.08. The van der Waals surface area contributed by atoms with Crippen molar-refractivity contribution in [3.63, 3.8) is 0 Å². The molecule has 78 valence electrons. The maximum Gasteiger partial charge on any atom is 0.244 e. The fourth-order valence-corrected chi connectivity index (χ4v) is 4.19. The second-order valence-electron chi connectivity index (χ2n) is 3.49. The van der Waals surface area contributed by atoms with Gasteiger partial charge in [0.25, 0.3) is 0 Å². The molecule has 0 spiro atoms. The average molecular weight is 247 g/mol. The van der Waals surface area contributed by atoms with Gasteiger partial charge in [-0.25, -0.2) is 0 Å². The van der Waals surface area contributed by atoms with E-state index in [0.29, 0.717) is 5.54 Å². The van der Waals surface area contributed by atoms with Crippen molar-refractivity contribution in [2.24, 2.45) is 0 Å². The molecule has 0 aromatic heterocycles. The number of halogens is 2. The van der Waals surface area contributed by atoms with E-state index < -0.39 is 7.42 Å². The number of rotatable bonds is 5. The third kappa shape index (κ3) is 3.64. The van der Waals surface area contributed by atoms with Crippen LogP contribution >= 0.6 is 22.2 Å². The van der Waals surface area contributed by atoms with Crippen LogP contribution in [0.15, 0.2) is 30.3 Å². The zero-order valence-electron chi connectivity index (χ0n) is 8.42. The summed E-state index contributed by atoms with van der Waals surface area (Å²) in [6.45, 7) is 2.20. The molecule has 1 rings (SSSR count). The smallest absolute Gasteiger partial charge is 0.150 e. The summed E-state index contributed by atoms with van der Waals surface area (Å²) in [7, 11) is -1.60. The Morgan fingerprint density at radius 1 is 1.21 bits per heavy atom. The van der Waals surface area contributed by atoms with Crippen molar-refractivity contribution in [1.82, 2.24) is 0 Å². The van der Waals surface area contributed by atoms with Crippen LogP contribution < -0.4 is 0 Å². The van der Waals surface area contributed by atoms with E-state index >= 15 is 0 Å². The Morgan fingerprint density at radius 3 is 2.36 bits per heavy atom. The summed E-state index contributed by atoms with van der Waals surface area (Å²) in [6.07, 6.45) is 3.55. The minimum atomic E-state index is -1.60. The lowest BCUT2D eigenvalue weighted by atomic mass is 10.1. The first-order valence-corrected chi connectivity index (χ1v) is 9.24. The van der Waals surface area contributed by atoms with E-state index in [0.717, 1.165) is 6.42 Å². The number of unbranched alkanes of at least 4 members (excludes halogenated alkanes) is 1. The van der Waals surface area contributed by atoms with Crippen LogP contribution in [0.2, 0.25) is 0 Å². The molecule has 1 unspecified atom stereocenters. The molecule has 0 nitrogen and oxygen atoms in total. The number of hydrogen-bond acceptors (Lipinski definition) is 0. The molecule has 14 heavy (non-hydrogen) atoms. The number of hydrogen-bond donors (Lipinski definition) is 0. The van der Waals surface area contributed by atoms with Gasteiger partial charge in [-0.15, -0.1) is 22.2 Å². The standard InChI is InChI=1S/C11H16Cl2Si/c1-2-3-9-11(14(12)13)10-7-5-4-6-8-10/h4-8,11,14H,2-3,9H2,1H3. The molecule has 0 N–H and O–H groups in total. The van der Waals surface area contributed by atoms with Crippen LogP contribution in [-0.4, -0.2) is 7.42 Å². The molecule has 0 saturated carbocycles. The monoisotopic (exact) mass is 246 g/mol. The van der Waals surface area contributed by atoms with Crippen molar-refractivity contribution in [2.45, 2.75) is 31.7 Å². The Hall–Kier alpha value is 0.0169. The van der Waals surface area contributed by atoms with Gasteiger partial charge < -0.3 is 0 Å². The van der Waals surface area contributed by atoms with Crippen LogP contribution in [0.1, 0.15) is 37.3 Å². The van der Waals surface area contributed by atoms with E-state index in [1.54, 1.807) is 0 Å². The van der Waals surface area contributed by atoms with E-state index in [9.17, 15) is 0 Å². The van der Waals surface area contributed by atoms with Gasteiger partial charge in [-0.3, -0.25) is 0 Å². The minimum absolute atomic E-state index is 0.416. The molecule has 0 saturated heterocycles. The van der Waals surface area contributed by atoms with Gasteiger partial charge in [0.15, 0.2) is 0 Å². The normalized spacial score (nSPS) is 13.1. The lowest BCUT2D eigenvalue weighted by Gasteiger charge is -2.16.